The molecule has 1 aromatic heterocycles. The summed E-state index contributed by atoms with van der Waals surface area (Å²) >= 11 is 1.65. The molecule has 1 saturated heterocycles. The molecule has 1 aliphatic rings. The lowest BCUT2D eigenvalue weighted by Crippen LogP contribution is -2.51. The number of aromatic nitrogens is 1. The standard InChI is InChI=1S/C18H25FN6S.HI/c1-23(2)13-15-11-14(3-4-16(15)19)12-22-17(20)24-6-8-25(9-7-24)18-21-5-10-26-18;/h3-5,10-11H,6-9,12-13H2,1-2H3,(H2,20,22);1H. The Morgan fingerprint density at radius 1 is 1.30 bits per heavy atom. The molecule has 0 amide bonds. The van der Waals surface area contributed by atoms with Crippen molar-refractivity contribution in [3.63, 3.8) is 0 Å². The van der Waals surface area contributed by atoms with E-state index in [0.29, 0.717) is 24.6 Å². The highest BCUT2D eigenvalue weighted by molar-refractivity contribution is 14.0. The van der Waals surface area contributed by atoms with Gasteiger partial charge in [-0.05, 0) is 31.8 Å². The predicted octanol–water partition coefficient (Wildman–Crippen LogP) is 2.60. The number of anilines is 1. The molecule has 0 radical (unpaired) electrons. The van der Waals surface area contributed by atoms with E-state index in [4.69, 9.17) is 5.73 Å². The molecule has 9 heteroatoms. The summed E-state index contributed by atoms with van der Waals surface area (Å²) in [5, 5.41) is 3.05. The first-order valence-corrected chi connectivity index (χ1v) is 9.52. The molecule has 27 heavy (non-hydrogen) atoms. The number of halogens is 2. The number of nitrogens with zero attached hydrogens (tertiary/aromatic N) is 5. The summed E-state index contributed by atoms with van der Waals surface area (Å²) < 4.78 is 13.9. The largest absolute Gasteiger partial charge is 0.370 e. The Bertz CT molecular complexity index is 744. The van der Waals surface area contributed by atoms with Crippen molar-refractivity contribution in [3.05, 3.63) is 46.7 Å². The molecule has 0 saturated carbocycles. The van der Waals surface area contributed by atoms with Crippen LogP contribution in [0.25, 0.3) is 0 Å². The second-order valence-corrected chi connectivity index (χ2v) is 7.50. The molecule has 2 aromatic rings. The molecule has 0 bridgehead atoms. The molecule has 2 heterocycles. The van der Waals surface area contributed by atoms with E-state index in [1.54, 1.807) is 17.4 Å². The lowest BCUT2D eigenvalue weighted by atomic mass is 10.1. The van der Waals surface area contributed by atoms with Crippen molar-refractivity contribution in [3.8, 4) is 0 Å². The minimum absolute atomic E-state index is 0. The zero-order valence-electron chi connectivity index (χ0n) is 15.6. The minimum Gasteiger partial charge on any atom is -0.370 e. The first kappa shape index (κ1) is 21.8. The van der Waals surface area contributed by atoms with Crippen LogP contribution in [0.5, 0.6) is 0 Å². The van der Waals surface area contributed by atoms with Gasteiger partial charge in [0.05, 0.1) is 6.54 Å². The van der Waals surface area contributed by atoms with Gasteiger partial charge in [-0.1, -0.05) is 6.07 Å². The number of guanidine groups is 1. The van der Waals surface area contributed by atoms with Crippen molar-refractivity contribution in [1.82, 2.24) is 14.8 Å². The molecule has 0 aliphatic carbocycles. The van der Waals surface area contributed by atoms with Crippen molar-refractivity contribution in [2.45, 2.75) is 13.1 Å². The van der Waals surface area contributed by atoms with Gasteiger partial charge in [0.2, 0.25) is 0 Å². The van der Waals surface area contributed by atoms with Crippen molar-refractivity contribution < 1.29 is 4.39 Å². The molecular formula is C18H26FIN6S. The van der Waals surface area contributed by atoms with Crippen LogP contribution >= 0.6 is 35.3 Å². The number of rotatable bonds is 5. The summed E-state index contributed by atoms with van der Waals surface area (Å²) in [7, 11) is 3.85. The molecule has 1 aromatic carbocycles. The second kappa shape index (κ2) is 10.2. The van der Waals surface area contributed by atoms with Crippen LogP contribution in [-0.4, -0.2) is 61.0 Å². The van der Waals surface area contributed by atoms with Crippen LogP contribution in [0.1, 0.15) is 11.1 Å². The predicted molar refractivity (Wildman–Crippen MR) is 120 cm³/mol. The SMILES string of the molecule is CN(C)Cc1cc(CN=C(N)N2CCN(c3nccs3)CC2)ccc1F.I. The van der Waals surface area contributed by atoms with Gasteiger partial charge in [0, 0.05) is 49.9 Å². The topological polar surface area (TPSA) is 61.0 Å². The third kappa shape index (κ3) is 6.01. The van der Waals surface area contributed by atoms with E-state index in [-0.39, 0.29) is 29.8 Å². The van der Waals surface area contributed by atoms with Crippen molar-refractivity contribution in [1.29, 1.82) is 0 Å². The summed E-state index contributed by atoms with van der Waals surface area (Å²) in [4.78, 5) is 15.2. The quantitative estimate of drug-likeness (QED) is 0.386. The number of aliphatic imine (C=N–C) groups is 1. The maximum atomic E-state index is 13.9. The number of nitrogens with two attached hydrogens (primary N) is 1. The number of hydrogen-bond donors (Lipinski definition) is 1. The van der Waals surface area contributed by atoms with Gasteiger partial charge >= 0.3 is 0 Å². The lowest BCUT2D eigenvalue weighted by molar-refractivity contribution is 0.380. The van der Waals surface area contributed by atoms with E-state index in [1.165, 1.54) is 6.07 Å². The zero-order valence-corrected chi connectivity index (χ0v) is 18.8. The second-order valence-electron chi connectivity index (χ2n) is 6.63. The van der Waals surface area contributed by atoms with E-state index < -0.39 is 0 Å². The monoisotopic (exact) mass is 504 g/mol. The summed E-state index contributed by atoms with van der Waals surface area (Å²) in [5.74, 6) is 0.361. The summed E-state index contributed by atoms with van der Waals surface area (Å²) in [5.41, 5.74) is 7.82. The van der Waals surface area contributed by atoms with Crippen LogP contribution in [-0.2, 0) is 13.1 Å². The average molecular weight is 504 g/mol. The first-order chi connectivity index (χ1) is 12.5. The Morgan fingerprint density at radius 3 is 2.67 bits per heavy atom. The van der Waals surface area contributed by atoms with E-state index in [2.05, 4.69) is 19.8 Å². The molecule has 148 valence electrons. The number of thiazole rings is 1. The van der Waals surface area contributed by atoms with Gasteiger partial charge in [0.1, 0.15) is 5.82 Å². The van der Waals surface area contributed by atoms with Crippen LogP contribution in [0, 0.1) is 5.82 Å². The maximum Gasteiger partial charge on any atom is 0.191 e. The maximum absolute atomic E-state index is 13.9. The van der Waals surface area contributed by atoms with Gasteiger partial charge in [0.15, 0.2) is 11.1 Å². The average Bonchev–Trinajstić information content (AvgIpc) is 3.16. The fourth-order valence-electron chi connectivity index (χ4n) is 2.96. The molecule has 0 unspecified atom stereocenters. The zero-order chi connectivity index (χ0) is 18.5. The third-order valence-corrected chi connectivity index (χ3v) is 5.15. The van der Waals surface area contributed by atoms with Crippen LogP contribution in [0.15, 0.2) is 34.8 Å². The van der Waals surface area contributed by atoms with Gasteiger partial charge < -0.3 is 20.4 Å². The minimum atomic E-state index is -0.183. The smallest absolute Gasteiger partial charge is 0.191 e. The van der Waals surface area contributed by atoms with Crippen molar-refractivity contribution in [2.75, 3.05) is 45.2 Å². The van der Waals surface area contributed by atoms with Gasteiger partial charge in [-0.25, -0.2) is 14.4 Å². The fourth-order valence-corrected chi connectivity index (χ4v) is 3.66. The molecular weight excluding hydrogens is 478 g/mol. The normalized spacial score (nSPS) is 15.2. The molecule has 1 fully saturated rings. The Morgan fingerprint density at radius 2 is 2.04 bits per heavy atom. The molecule has 0 atom stereocenters. The Kier molecular flexibility index (Phi) is 8.24. The van der Waals surface area contributed by atoms with Crippen LogP contribution in [0.2, 0.25) is 0 Å². The first-order valence-electron chi connectivity index (χ1n) is 8.64. The highest BCUT2D eigenvalue weighted by Crippen LogP contribution is 2.19. The van der Waals surface area contributed by atoms with Crippen LogP contribution in [0.3, 0.4) is 0 Å². The summed E-state index contributed by atoms with van der Waals surface area (Å²) in [6.45, 7) is 4.44. The van der Waals surface area contributed by atoms with Crippen molar-refractivity contribution in [2.24, 2.45) is 10.7 Å². The number of piperazine rings is 1. The molecule has 0 spiro atoms. The van der Waals surface area contributed by atoms with Crippen molar-refractivity contribution >= 4 is 46.4 Å². The number of benzene rings is 1. The Labute approximate surface area is 180 Å². The molecule has 2 N–H and O–H groups in total. The molecule has 3 rings (SSSR count). The van der Waals surface area contributed by atoms with E-state index >= 15 is 0 Å². The van der Waals surface area contributed by atoms with Crippen LogP contribution < -0.4 is 10.6 Å². The van der Waals surface area contributed by atoms with Gasteiger partial charge in [-0.3, -0.25) is 0 Å². The third-order valence-electron chi connectivity index (χ3n) is 4.31. The fraction of sp³-hybridized carbons (Fsp3) is 0.444. The Hall–Kier alpha value is -1.46. The highest BCUT2D eigenvalue weighted by Gasteiger charge is 2.19. The molecule has 1 aliphatic heterocycles. The Balaban J connectivity index is 0.00000261. The lowest BCUT2D eigenvalue weighted by Gasteiger charge is -2.35. The van der Waals surface area contributed by atoms with Gasteiger partial charge in [-0.2, -0.15) is 0 Å². The van der Waals surface area contributed by atoms with E-state index in [1.807, 2.05) is 36.6 Å². The highest BCUT2D eigenvalue weighted by atomic mass is 127. The summed E-state index contributed by atoms with van der Waals surface area (Å²) in [6.07, 6.45) is 1.83. The van der Waals surface area contributed by atoms with E-state index in [0.717, 1.165) is 36.9 Å². The van der Waals surface area contributed by atoms with Crippen LogP contribution in [0.4, 0.5) is 9.52 Å². The van der Waals surface area contributed by atoms with Gasteiger partial charge in [-0.15, -0.1) is 35.3 Å². The van der Waals surface area contributed by atoms with E-state index in [9.17, 15) is 4.39 Å². The molecule has 6 nitrogen and oxygen atoms in total. The number of hydrogen-bond acceptors (Lipinski definition) is 5. The summed E-state index contributed by atoms with van der Waals surface area (Å²) in [6, 6.07) is 5.14. The van der Waals surface area contributed by atoms with Gasteiger partial charge in [0.25, 0.3) is 0 Å².